The van der Waals surface area contributed by atoms with Gasteiger partial charge in [0.15, 0.2) is 0 Å². The molecule has 0 saturated heterocycles. The number of hydrogen-bond donors (Lipinski definition) is 1. The van der Waals surface area contributed by atoms with E-state index >= 15 is 0 Å². The van der Waals surface area contributed by atoms with Crippen LogP contribution in [0, 0.1) is 5.92 Å². The van der Waals surface area contributed by atoms with Crippen LogP contribution in [0.4, 0.5) is 0 Å². The minimum absolute atomic E-state index is 0.159. The van der Waals surface area contributed by atoms with E-state index in [1.54, 1.807) is 0 Å². The van der Waals surface area contributed by atoms with E-state index in [2.05, 4.69) is 5.32 Å². The SMILES string of the molecule is O=C(CNC(=O)C(CCl)Cc1ccccc1)OCc1ccccc1. The fourth-order valence-electron chi connectivity index (χ4n) is 2.21. The van der Waals surface area contributed by atoms with Crippen LogP contribution < -0.4 is 5.32 Å². The van der Waals surface area contributed by atoms with Crippen LogP contribution in [0.5, 0.6) is 0 Å². The Morgan fingerprint density at radius 1 is 0.958 bits per heavy atom. The van der Waals surface area contributed by atoms with Crippen LogP contribution in [-0.2, 0) is 27.4 Å². The first-order valence-electron chi connectivity index (χ1n) is 7.76. The summed E-state index contributed by atoms with van der Waals surface area (Å²) in [5.41, 5.74) is 1.94. The number of halogens is 1. The summed E-state index contributed by atoms with van der Waals surface area (Å²) in [5, 5.41) is 2.59. The number of ether oxygens (including phenoxy) is 1. The fraction of sp³-hybridized carbons (Fsp3) is 0.263. The van der Waals surface area contributed by atoms with Crippen molar-refractivity contribution in [2.24, 2.45) is 5.92 Å². The second-order valence-corrected chi connectivity index (χ2v) is 5.71. The van der Waals surface area contributed by atoms with Crippen LogP contribution in [0.3, 0.4) is 0 Å². The maximum absolute atomic E-state index is 12.2. The Morgan fingerprint density at radius 2 is 1.54 bits per heavy atom. The van der Waals surface area contributed by atoms with Crippen molar-refractivity contribution in [2.75, 3.05) is 12.4 Å². The number of rotatable bonds is 8. The lowest BCUT2D eigenvalue weighted by Crippen LogP contribution is -2.37. The van der Waals surface area contributed by atoms with Gasteiger partial charge in [-0.05, 0) is 17.5 Å². The number of carbonyl (C=O) groups excluding carboxylic acids is 2. The van der Waals surface area contributed by atoms with E-state index in [-0.39, 0.29) is 30.9 Å². The molecule has 0 aromatic heterocycles. The third kappa shape index (κ3) is 6.05. The number of nitrogens with one attached hydrogen (secondary N) is 1. The van der Waals surface area contributed by atoms with Gasteiger partial charge in [-0.1, -0.05) is 60.7 Å². The average Bonchev–Trinajstić information content (AvgIpc) is 2.64. The summed E-state index contributed by atoms with van der Waals surface area (Å²) in [7, 11) is 0. The van der Waals surface area contributed by atoms with Gasteiger partial charge in [0.2, 0.25) is 5.91 Å². The molecule has 1 N–H and O–H groups in total. The van der Waals surface area contributed by atoms with Crippen LogP contribution in [-0.4, -0.2) is 24.3 Å². The van der Waals surface area contributed by atoms with Crippen LogP contribution in [0.25, 0.3) is 0 Å². The molecule has 5 heteroatoms. The van der Waals surface area contributed by atoms with E-state index in [1.165, 1.54) is 0 Å². The first kappa shape index (κ1) is 18.0. The Labute approximate surface area is 146 Å². The molecular weight excluding hydrogens is 326 g/mol. The number of benzene rings is 2. The van der Waals surface area contributed by atoms with Crippen molar-refractivity contribution in [1.82, 2.24) is 5.32 Å². The highest BCUT2D eigenvalue weighted by Crippen LogP contribution is 2.10. The molecule has 2 aromatic carbocycles. The molecule has 1 unspecified atom stereocenters. The summed E-state index contributed by atoms with van der Waals surface area (Å²) in [6, 6.07) is 19.0. The summed E-state index contributed by atoms with van der Waals surface area (Å²) in [4.78, 5) is 23.9. The normalized spacial score (nSPS) is 11.5. The lowest BCUT2D eigenvalue weighted by atomic mass is 10.0. The largest absolute Gasteiger partial charge is 0.460 e. The maximum atomic E-state index is 12.2. The molecule has 1 atom stereocenters. The van der Waals surface area contributed by atoms with Gasteiger partial charge in [-0.25, -0.2) is 0 Å². The molecule has 4 nitrogen and oxygen atoms in total. The number of esters is 1. The molecule has 126 valence electrons. The van der Waals surface area contributed by atoms with E-state index < -0.39 is 5.97 Å². The third-order valence-corrected chi connectivity index (χ3v) is 3.90. The van der Waals surface area contributed by atoms with Crippen molar-refractivity contribution >= 4 is 23.5 Å². The first-order chi connectivity index (χ1) is 11.7. The number of amides is 1. The third-order valence-electron chi connectivity index (χ3n) is 3.53. The summed E-state index contributed by atoms with van der Waals surface area (Å²) < 4.78 is 5.12. The molecule has 2 rings (SSSR count). The topological polar surface area (TPSA) is 55.4 Å². The predicted octanol–water partition coefficient (Wildman–Crippen LogP) is 2.94. The summed E-state index contributed by atoms with van der Waals surface area (Å²) in [6.45, 7) is 0.0341. The molecule has 0 bridgehead atoms. The highest BCUT2D eigenvalue weighted by molar-refractivity contribution is 6.19. The van der Waals surface area contributed by atoms with Crippen molar-refractivity contribution in [2.45, 2.75) is 13.0 Å². The molecule has 0 heterocycles. The van der Waals surface area contributed by atoms with Gasteiger partial charge in [-0.2, -0.15) is 0 Å². The minimum atomic E-state index is -0.472. The average molecular weight is 346 g/mol. The molecule has 0 saturated carbocycles. The number of hydrogen-bond acceptors (Lipinski definition) is 3. The molecular formula is C19H20ClNO3. The van der Waals surface area contributed by atoms with Gasteiger partial charge in [-0.15, -0.1) is 11.6 Å². The Morgan fingerprint density at radius 3 is 2.12 bits per heavy atom. The van der Waals surface area contributed by atoms with Crippen molar-refractivity contribution in [1.29, 1.82) is 0 Å². The Balaban J connectivity index is 1.75. The summed E-state index contributed by atoms with van der Waals surface area (Å²) in [6.07, 6.45) is 0.537. The zero-order valence-corrected chi connectivity index (χ0v) is 14.0. The van der Waals surface area contributed by atoms with Crippen molar-refractivity contribution in [3.8, 4) is 0 Å². The molecule has 24 heavy (non-hydrogen) atoms. The van der Waals surface area contributed by atoms with E-state index in [4.69, 9.17) is 16.3 Å². The highest BCUT2D eigenvalue weighted by Gasteiger charge is 2.18. The van der Waals surface area contributed by atoms with E-state index in [9.17, 15) is 9.59 Å². The zero-order chi connectivity index (χ0) is 17.2. The molecule has 0 aliphatic rings. The second-order valence-electron chi connectivity index (χ2n) is 5.41. The molecule has 0 radical (unpaired) electrons. The number of alkyl halides is 1. The monoisotopic (exact) mass is 345 g/mol. The lowest BCUT2D eigenvalue weighted by molar-refractivity contribution is -0.145. The van der Waals surface area contributed by atoms with E-state index in [0.29, 0.717) is 6.42 Å². The maximum Gasteiger partial charge on any atom is 0.325 e. The predicted molar refractivity (Wildman–Crippen MR) is 93.6 cm³/mol. The molecule has 1 amide bonds. The van der Waals surface area contributed by atoms with Crippen molar-refractivity contribution in [3.63, 3.8) is 0 Å². The van der Waals surface area contributed by atoms with Gasteiger partial charge in [-0.3, -0.25) is 9.59 Å². The zero-order valence-electron chi connectivity index (χ0n) is 13.3. The number of carbonyl (C=O) groups is 2. The van der Waals surface area contributed by atoms with E-state index in [0.717, 1.165) is 11.1 Å². The summed E-state index contributed by atoms with van der Waals surface area (Å²) >= 11 is 5.89. The molecule has 0 spiro atoms. The van der Waals surface area contributed by atoms with Gasteiger partial charge in [0.1, 0.15) is 13.2 Å². The van der Waals surface area contributed by atoms with Crippen LogP contribution >= 0.6 is 11.6 Å². The quantitative estimate of drug-likeness (QED) is 0.591. The van der Waals surface area contributed by atoms with Crippen LogP contribution in [0.1, 0.15) is 11.1 Å². The molecule has 0 fully saturated rings. The van der Waals surface area contributed by atoms with Crippen LogP contribution in [0.2, 0.25) is 0 Å². The summed E-state index contributed by atoms with van der Waals surface area (Å²) in [5.74, 6) is -0.901. The van der Waals surface area contributed by atoms with Gasteiger partial charge in [0, 0.05) is 5.88 Å². The lowest BCUT2D eigenvalue weighted by Gasteiger charge is -2.14. The molecule has 0 aliphatic carbocycles. The Hall–Kier alpha value is -2.33. The fourth-order valence-corrected chi connectivity index (χ4v) is 2.46. The van der Waals surface area contributed by atoms with Crippen molar-refractivity contribution < 1.29 is 14.3 Å². The smallest absolute Gasteiger partial charge is 0.325 e. The standard InChI is InChI=1S/C19H20ClNO3/c20-12-17(11-15-7-3-1-4-8-15)19(23)21-13-18(22)24-14-16-9-5-2-6-10-16/h1-10,17H,11-14H2,(H,21,23). The van der Waals surface area contributed by atoms with Gasteiger partial charge in [0.25, 0.3) is 0 Å². The second kappa shape index (κ2) is 9.73. The van der Waals surface area contributed by atoms with Gasteiger partial charge >= 0.3 is 5.97 Å². The Kier molecular flexibility index (Phi) is 7.30. The van der Waals surface area contributed by atoms with Crippen molar-refractivity contribution in [3.05, 3.63) is 71.8 Å². The molecule has 2 aromatic rings. The van der Waals surface area contributed by atoms with Gasteiger partial charge in [0.05, 0.1) is 5.92 Å². The first-order valence-corrected chi connectivity index (χ1v) is 8.29. The van der Waals surface area contributed by atoms with Gasteiger partial charge < -0.3 is 10.1 Å². The minimum Gasteiger partial charge on any atom is -0.460 e. The van der Waals surface area contributed by atoms with E-state index in [1.807, 2.05) is 60.7 Å². The molecule has 0 aliphatic heterocycles. The van der Waals surface area contributed by atoms with Crippen LogP contribution in [0.15, 0.2) is 60.7 Å². The highest BCUT2D eigenvalue weighted by atomic mass is 35.5. The Bertz CT molecular complexity index is 646.